The molecule has 2 atom stereocenters. The number of likely N-dealkylation sites (tertiary alicyclic amines) is 1. The first-order valence-electron chi connectivity index (χ1n) is 7.98. The highest BCUT2D eigenvalue weighted by molar-refractivity contribution is 5.78. The van der Waals surface area contributed by atoms with Crippen molar-refractivity contribution in [2.75, 3.05) is 19.6 Å². The number of nitrogens with zero attached hydrogens (tertiary/aromatic N) is 1. The van der Waals surface area contributed by atoms with Crippen LogP contribution in [0.25, 0.3) is 0 Å². The zero-order chi connectivity index (χ0) is 14.7. The normalized spacial score (nSPS) is 26.8. The first-order chi connectivity index (χ1) is 10.2. The minimum Gasteiger partial charge on any atom is -0.356 e. The Morgan fingerprint density at radius 3 is 2.90 bits per heavy atom. The number of benzene rings is 1. The van der Waals surface area contributed by atoms with Gasteiger partial charge in [-0.1, -0.05) is 24.6 Å². The van der Waals surface area contributed by atoms with Gasteiger partial charge in [-0.3, -0.25) is 9.69 Å². The van der Waals surface area contributed by atoms with Gasteiger partial charge in [-0.15, -0.1) is 0 Å². The van der Waals surface area contributed by atoms with E-state index in [1.807, 2.05) is 12.1 Å². The third-order valence-electron chi connectivity index (χ3n) is 4.84. The molecule has 0 aromatic heterocycles. The van der Waals surface area contributed by atoms with Crippen LogP contribution in [-0.4, -0.2) is 36.5 Å². The lowest BCUT2D eigenvalue weighted by Crippen LogP contribution is -2.45. The average Bonchev–Trinajstić information content (AvgIpc) is 2.93. The minimum atomic E-state index is -0.108. The maximum atomic E-state index is 13.7. The molecule has 0 saturated carbocycles. The standard InChI is InChI=1S/C17H23FN2O/c18-15-6-2-1-5-13(15)8-10-20-9-4-3-7-16(20)14-11-17(21)19-12-14/h1-2,5-6,14,16H,3-4,7-12H2,(H,19,21). The molecule has 4 heteroatoms. The average molecular weight is 290 g/mol. The van der Waals surface area contributed by atoms with Crippen LogP contribution in [0.2, 0.25) is 0 Å². The quantitative estimate of drug-likeness (QED) is 0.923. The van der Waals surface area contributed by atoms with Crippen LogP contribution in [0.5, 0.6) is 0 Å². The summed E-state index contributed by atoms with van der Waals surface area (Å²) < 4.78 is 13.7. The molecule has 2 saturated heterocycles. The van der Waals surface area contributed by atoms with E-state index >= 15 is 0 Å². The molecular weight excluding hydrogens is 267 g/mol. The van der Waals surface area contributed by atoms with Crippen LogP contribution < -0.4 is 5.32 Å². The third-order valence-corrected chi connectivity index (χ3v) is 4.84. The number of hydrogen-bond acceptors (Lipinski definition) is 2. The van der Waals surface area contributed by atoms with Gasteiger partial charge in [-0.2, -0.15) is 0 Å². The van der Waals surface area contributed by atoms with Crippen molar-refractivity contribution in [3.63, 3.8) is 0 Å². The van der Waals surface area contributed by atoms with Crippen molar-refractivity contribution in [1.82, 2.24) is 10.2 Å². The molecule has 2 fully saturated rings. The molecule has 2 heterocycles. The molecule has 0 bridgehead atoms. The minimum absolute atomic E-state index is 0.108. The van der Waals surface area contributed by atoms with E-state index in [9.17, 15) is 9.18 Å². The first kappa shape index (κ1) is 14.5. The molecule has 1 aromatic carbocycles. The number of rotatable bonds is 4. The summed E-state index contributed by atoms with van der Waals surface area (Å²) >= 11 is 0. The number of nitrogens with one attached hydrogen (secondary N) is 1. The van der Waals surface area contributed by atoms with Crippen LogP contribution in [-0.2, 0) is 11.2 Å². The fourth-order valence-electron chi connectivity index (χ4n) is 3.69. The Hall–Kier alpha value is -1.42. The zero-order valence-corrected chi connectivity index (χ0v) is 12.4. The summed E-state index contributed by atoms with van der Waals surface area (Å²) in [7, 11) is 0. The van der Waals surface area contributed by atoms with Crippen LogP contribution in [0.4, 0.5) is 4.39 Å². The van der Waals surface area contributed by atoms with Gasteiger partial charge in [0.05, 0.1) is 0 Å². The van der Waals surface area contributed by atoms with Gasteiger partial charge in [-0.05, 0) is 37.4 Å². The van der Waals surface area contributed by atoms with E-state index in [4.69, 9.17) is 0 Å². The molecule has 21 heavy (non-hydrogen) atoms. The largest absolute Gasteiger partial charge is 0.356 e. The van der Waals surface area contributed by atoms with Crippen molar-refractivity contribution in [3.05, 3.63) is 35.6 Å². The maximum Gasteiger partial charge on any atom is 0.220 e. The van der Waals surface area contributed by atoms with Gasteiger partial charge in [0.1, 0.15) is 5.82 Å². The van der Waals surface area contributed by atoms with Crippen molar-refractivity contribution in [2.24, 2.45) is 5.92 Å². The van der Waals surface area contributed by atoms with Gasteiger partial charge in [0.15, 0.2) is 0 Å². The Balaban J connectivity index is 1.62. The second-order valence-corrected chi connectivity index (χ2v) is 6.21. The Bertz CT molecular complexity index is 505. The van der Waals surface area contributed by atoms with E-state index in [0.29, 0.717) is 18.4 Å². The predicted octanol–water partition coefficient (Wildman–Crippen LogP) is 2.36. The van der Waals surface area contributed by atoms with E-state index < -0.39 is 0 Å². The fourth-order valence-corrected chi connectivity index (χ4v) is 3.69. The van der Waals surface area contributed by atoms with Crippen molar-refractivity contribution < 1.29 is 9.18 Å². The summed E-state index contributed by atoms with van der Waals surface area (Å²) in [6.45, 7) is 2.76. The number of hydrogen-bond donors (Lipinski definition) is 1. The summed E-state index contributed by atoms with van der Waals surface area (Å²) in [6.07, 6.45) is 5.02. The first-order valence-corrected chi connectivity index (χ1v) is 7.98. The van der Waals surface area contributed by atoms with Gasteiger partial charge in [0.25, 0.3) is 0 Å². The van der Waals surface area contributed by atoms with Crippen molar-refractivity contribution in [2.45, 2.75) is 38.1 Å². The second-order valence-electron chi connectivity index (χ2n) is 6.21. The summed E-state index contributed by atoms with van der Waals surface area (Å²) in [6, 6.07) is 7.51. The SMILES string of the molecule is O=C1CC(C2CCCCN2CCc2ccccc2F)CN1. The molecule has 0 aliphatic carbocycles. The van der Waals surface area contributed by atoms with Gasteiger partial charge in [0.2, 0.25) is 5.91 Å². The number of carbonyl (C=O) groups excluding carboxylic acids is 1. The molecule has 2 unspecified atom stereocenters. The summed E-state index contributed by atoms with van der Waals surface area (Å²) in [5.74, 6) is 0.502. The van der Waals surface area contributed by atoms with E-state index in [1.54, 1.807) is 6.07 Å². The number of piperidine rings is 1. The predicted molar refractivity (Wildman–Crippen MR) is 80.4 cm³/mol. The highest BCUT2D eigenvalue weighted by Crippen LogP contribution is 2.27. The smallest absolute Gasteiger partial charge is 0.220 e. The Morgan fingerprint density at radius 2 is 2.14 bits per heavy atom. The van der Waals surface area contributed by atoms with E-state index in [1.165, 1.54) is 18.9 Å². The second kappa shape index (κ2) is 6.56. The monoisotopic (exact) mass is 290 g/mol. The van der Waals surface area contributed by atoms with Crippen LogP contribution >= 0.6 is 0 Å². The Kier molecular flexibility index (Phi) is 4.54. The molecule has 1 aromatic rings. The van der Waals surface area contributed by atoms with Crippen LogP contribution in [0.1, 0.15) is 31.2 Å². The Labute approximate surface area is 125 Å². The fraction of sp³-hybridized carbons (Fsp3) is 0.588. The maximum absolute atomic E-state index is 13.7. The lowest BCUT2D eigenvalue weighted by atomic mass is 9.89. The molecule has 114 valence electrons. The molecular formula is C17H23FN2O. The van der Waals surface area contributed by atoms with Crippen molar-refractivity contribution >= 4 is 5.91 Å². The number of carbonyl (C=O) groups is 1. The third kappa shape index (κ3) is 3.43. The van der Waals surface area contributed by atoms with Gasteiger partial charge in [0, 0.05) is 31.5 Å². The molecule has 3 rings (SSSR count). The number of halogens is 1. The van der Waals surface area contributed by atoms with Crippen LogP contribution in [0, 0.1) is 11.7 Å². The molecule has 2 aliphatic heterocycles. The lowest BCUT2D eigenvalue weighted by Gasteiger charge is -2.38. The molecule has 2 aliphatic rings. The lowest BCUT2D eigenvalue weighted by molar-refractivity contribution is -0.119. The van der Waals surface area contributed by atoms with E-state index in [-0.39, 0.29) is 11.7 Å². The molecule has 1 amide bonds. The van der Waals surface area contributed by atoms with Crippen molar-refractivity contribution in [3.8, 4) is 0 Å². The van der Waals surface area contributed by atoms with Crippen LogP contribution in [0.15, 0.2) is 24.3 Å². The van der Waals surface area contributed by atoms with Crippen LogP contribution in [0.3, 0.4) is 0 Å². The highest BCUT2D eigenvalue weighted by Gasteiger charge is 2.34. The van der Waals surface area contributed by atoms with Gasteiger partial charge >= 0.3 is 0 Å². The zero-order valence-electron chi connectivity index (χ0n) is 12.4. The summed E-state index contributed by atoms with van der Waals surface area (Å²) in [4.78, 5) is 13.9. The van der Waals surface area contributed by atoms with Gasteiger partial charge in [-0.25, -0.2) is 4.39 Å². The molecule has 1 N–H and O–H groups in total. The number of amides is 1. The molecule has 0 radical (unpaired) electrons. The summed E-state index contributed by atoms with van der Waals surface area (Å²) in [5.41, 5.74) is 0.794. The van der Waals surface area contributed by atoms with Crippen molar-refractivity contribution in [1.29, 1.82) is 0 Å². The summed E-state index contributed by atoms with van der Waals surface area (Å²) in [5, 5.41) is 2.94. The Morgan fingerprint density at radius 1 is 1.29 bits per heavy atom. The van der Waals surface area contributed by atoms with E-state index in [2.05, 4.69) is 10.2 Å². The topological polar surface area (TPSA) is 32.3 Å². The molecule has 0 spiro atoms. The highest BCUT2D eigenvalue weighted by atomic mass is 19.1. The molecule has 3 nitrogen and oxygen atoms in total. The van der Waals surface area contributed by atoms with Gasteiger partial charge < -0.3 is 5.32 Å². The van der Waals surface area contributed by atoms with E-state index in [0.717, 1.165) is 38.0 Å².